The number of hydrogen-bond acceptors (Lipinski definition) is 9. The molecule has 3 aliphatic heterocycles. The van der Waals surface area contributed by atoms with Crippen LogP contribution in [0.2, 0.25) is 0 Å². The molecule has 10 nitrogen and oxygen atoms in total. The zero-order valence-corrected chi connectivity index (χ0v) is 19.7. The summed E-state index contributed by atoms with van der Waals surface area (Å²) in [4.78, 5) is 30.3. The summed E-state index contributed by atoms with van der Waals surface area (Å²) < 4.78 is 22.6. The molecule has 0 radical (unpaired) electrons. The summed E-state index contributed by atoms with van der Waals surface area (Å²) in [7, 11) is 3.22. The van der Waals surface area contributed by atoms with E-state index in [0.29, 0.717) is 43.8 Å². The number of amides is 1. The highest BCUT2D eigenvalue weighted by Crippen LogP contribution is 2.35. The minimum absolute atomic E-state index is 0.0703. The lowest BCUT2D eigenvalue weighted by molar-refractivity contribution is -0.137. The first-order valence-corrected chi connectivity index (χ1v) is 11.8. The topological polar surface area (TPSA) is 99.1 Å². The monoisotopic (exact) mass is 469 g/mol. The van der Waals surface area contributed by atoms with E-state index in [1.54, 1.807) is 32.8 Å². The van der Waals surface area contributed by atoms with Gasteiger partial charge in [-0.15, -0.1) is 0 Å². The summed E-state index contributed by atoms with van der Waals surface area (Å²) in [6.45, 7) is 4.02. The normalized spacial score (nSPS) is 20.7. The highest BCUT2D eigenvalue weighted by Gasteiger charge is 2.34. The van der Waals surface area contributed by atoms with Gasteiger partial charge in [0, 0.05) is 51.1 Å². The van der Waals surface area contributed by atoms with Crippen LogP contribution in [0.25, 0.3) is 0 Å². The Labute approximate surface area is 199 Å². The lowest BCUT2D eigenvalue weighted by Gasteiger charge is -2.31. The number of nitrogens with zero attached hydrogens (tertiary/aromatic N) is 5. The number of methoxy groups -OCH3 is 2. The van der Waals surface area contributed by atoms with Gasteiger partial charge in [0.15, 0.2) is 0 Å². The SMILES string of the molecule is COc1cc(OC)c(N2CCc3ncnc(OC4CCN(C(=O)C5CCOCC5)C4)c3C2)cn1. The maximum Gasteiger partial charge on any atom is 0.225 e. The Morgan fingerprint density at radius 2 is 1.94 bits per heavy atom. The number of carbonyl (C=O) groups is 1. The lowest BCUT2D eigenvalue weighted by Crippen LogP contribution is -2.38. The van der Waals surface area contributed by atoms with Gasteiger partial charge in [-0.05, 0) is 12.8 Å². The molecule has 1 atom stereocenters. The smallest absolute Gasteiger partial charge is 0.225 e. The van der Waals surface area contributed by atoms with Gasteiger partial charge in [-0.3, -0.25) is 4.79 Å². The average molecular weight is 470 g/mol. The van der Waals surface area contributed by atoms with Gasteiger partial charge in [-0.2, -0.15) is 0 Å². The number of likely N-dealkylation sites (tertiary alicyclic amines) is 1. The summed E-state index contributed by atoms with van der Waals surface area (Å²) >= 11 is 0. The van der Waals surface area contributed by atoms with Gasteiger partial charge in [-0.25, -0.2) is 15.0 Å². The molecule has 5 rings (SSSR count). The summed E-state index contributed by atoms with van der Waals surface area (Å²) in [5.41, 5.74) is 2.86. The maximum atomic E-state index is 12.9. The fourth-order valence-corrected chi connectivity index (χ4v) is 4.93. The molecule has 2 fully saturated rings. The predicted octanol–water partition coefficient (Wildman–Crippen LogP) is 1.86. The standard InChI is InChI=1S/C24H31N5O5/c1-31-21-11-22(32-2)25-12-20(21)28-8-4-19-18(14-28)23(27-15-26-19)34-17-3-7-29(13-17)24(30)16-5-9-33-10-6-16/h11-12,15-17H,3-10,13-14H2,1-2H3. The van der Waals surface area contributed by atoms with Crippen molar-refractivity contribution in [3.8, 4) is 17.5 Å². The minimum Gasteiger partial charge on any atom is -0.494 e. The summed E-state index contributed by atoms with van der Waals surface area (Å²) in [5, 5.41) is 0. The van der Waals surface area contributed by atoms with Crippen molar-refractivity contribution in [2.75, 3.05) is 52.0 Å². The van der Waals surface area contributed by atoms with Gasteiger partial charge < -0.3 is 28.7 Å². The number of carbonyl (C=O) groups excluding carboxylic acids is 1. The van der Waals surface area contributed by atoms with E-state index in [9.17, 15) is 4.79 Å². The highest BCUT2D eigenvalue weighted by atomic mass is 16.5. The third-order valence-corrected chi connectivity index (χ3v) is 6.86. The van der Waals surface area contributed by atoms with E-state index < -0.39 is 0 Å². The average Bonchev–Trinajstić information content (AvgIpc) is 3.37. The van der Waals surface area contributed by atoms with Gasteiger partial charge in [-0.1, -0.05) is 0 Å². The van der Waals surface area contributed by atoms with Crippen LogP contribution in [0, 0.1) is 5.92 Å². The van der Waals surface area contributed by atoms with Crippen LogP contribution in [-0.2, 0) is 22.5 Å². The molecule has 2 aromatic rings. The van der Waals surface area contributed by atoms with E-state index >= 15 is 0 Å². The van der Waals surface area contributed by atoms with Crippen LogP contribution in [0.3, 0.4) is 0 Å². The van der Waals surface area contributed by atoms with E-state index in [1.165, 1.54) is 0 Å². The quantitative estimate of drug-likeness (QED) is 0.628. The number of ether oxygens (including phenoxy) is 4. The zero-order chi connectivity index (χ0) is 23.5. The van der Waals surface area contributed by atoms with Gasteiger partial charge >= 0.3 is 0 Å². The van der Waals surface area contributed by atoms with E-state index in [0.717, 1.165) is 55.7 Å². The molecule has 0 aliphatic carbocycles. The summed E-state index contributed by atoms with van der Waals surface area (Å²) in [6, 6.07) is 1.78. The highest BCUT2D eigenvalue weighted by molar-refractivity contribution is 5.79. The Morgan fingerprint density at radius 1 is 1.09 bits per heavy atom. The lowest BCUT2D eigenvalue weighted by atomic mass is 9.99. The summed E-state index contributed by atoms with van der Waals surface area (Å²) in [5.74, 6) is 2.10. The molecule has 5 heterocycles. The molecule has 0 aromatic carbocycles. The molecular weight excluding hydrogens is 438 g/mol. The largest absolute Gasteiger partial charge is 0.494 e. The second-order valence-corrected chi connectivity index (χ2v) is 8.87. The molecule has 34 heavy (non-hydrogen) atoms. The second-order valence-electron chi connectivity index (χ2n) is 8.87. The molecule has 0 N–H and O–H groups in total. The number of fused-ring (bicyclic) bond motifs is 1. The van der Waals surface area contributed by atoms with Crippen LogP contribution in [0.5, 0.6) is 17.5 Å². The fourth-order valence-electron chi connectivity index (χ4n) is 4.93. The third kappa shape index (κ3) is 4.59. The number of hydrogen-bond donors (Lipinski definition) is 0. The van der Waals surface area contributed by atoms with Crippen molar-refractivity contribution in [1.82, 2.24) is 19.9 Å². The molecule has 2 aromatic heterocycles. The maximum absolute atomic E-state index is 12.9. The first kappa shape index (κ1) is 22.6. The zero-order valence-electron chi connectivity index (χ0n) is 19.7. The fraction of sp³-hybridized carbons (Fsp3) is 0.583. The number of rotatable bonds is 6. The molecule has 3 aliphatic rings. The van der Waals surface area contributed by atoms with E-state index in [2.05, 4.69) is 19.9 Å². The van der Waals surface area contributed by atoms with Crippen LogP contribution in [-0.4, -0.2) is 78.9 Å². The molecule has 0 bridgehead atoms. The van der Waals surface area contributed by atoms with Crippen molar-refractivity contribution in [3.63, 3.8) is 0 Å². The van der Waals surface area contributed by atoms with Gasteiger partial charge in [0.25, 0.3) is 0 Å². The van der Waals surface area contributed by atoms with Crippen molar-refractivity contribution in [3.05, 3.63) is 29.8 Å². The molecule has 182 valence electrons. The molecular formula is C24H31N5O5. The Bertz CT molecular complexity index is 1030. The Kier molecular flexibility index (Phi) is 6.66. The van der Waals surface area contributed by atoms with Crippen LogP contribution in [0.1, 0.15) is 30.5 Å². The van der Waals surface area contributed by atoms with Crippen LogP contribution in [0.15, 0.2) is 18.6 Å². The van der Waals surface area contributed by atoms with E-state index in [1.807, 2.05) is 4.90 Å². The van der Waals surface area contributed by atoms with E-state index in [4.69, 9.17) is 18.9 Å². The number of anilines is 1. The van der Waals surface area contributed by atoms with Gasteiger partial charge in [0.2, 0.25) is 17.7 Å². The van der Waals surface area contributed by atoms with Crippen molar-refractivity contribution < 1.29 is 23.7 Å². The summed E-state index contributed by atoms with van der Waals surface area (Å²) in [6.07, 6.45) is 6.44. The van der Waals surface area contributed by atoms with Gasteiger partial charge in [0.1, 0.15) is 18.2 Å². The molecule has 1 amide bonds. The number of aromatic nitrogens is 3. The van der Waals surface area contributed by atoms with Crippen molar-refractivity contribution in [2.45, 2.75) is 38.3 Å². The van der Waals surface area contributed by atoms with Crippen molar-refractivity contribution in [1.29, 1.82) is 0 Å². The predicted molar refractivity (Wildman–Crippen MR) is 123 cm³/mol. The van der Waals surface area contributed by atoms with Crippen molar-refractivity contribution in [2.24, 2.45) is 5.92 Å². The van der Waals surface area contributed by atoms with Crippen molar-refractivity contribution >= 4 is 11.6 Å². The first-order valence-electron chi connectivity index (χ1n) is 11.8. The van der Waals surface area contributed by atoms with Crippen LogP contribution >= 0.6 is 0 Å². The minimum atomic E-state index is -0.0737. The third-order valence-electron chi connectivity index (χ3n) is 6.86. The molecule has 10 heteroatoms. The van der Waals surface area contributed by atoms with Gasteiger partial charge in [0.05, 0.1) is 50.5 Å². The Hall–Kier alpha value is -3.14. The Morgan fingerprint density at radius 3 is 2.74 bits per heavy atom. The Balaban J connectivity index is 1.28. The molecule has 1 unspecified atom stereocenters. The van der Waals surface area contributed by atoms with E-state index in [-0.39, 0.29) is 17.9 Å². The second kappa shape index (κ2) is 10.0. The molecule has 0 spiro atoms. The molecule has 0 saturated carbocycles. The number of pyridine rings is 1. The molecule has 2 saturated heterocycles. The van der Waals surface area contributed by atoms with Crippen LogP contribution < -0.4 is 19.1 Å². The van der Waals surface area contributed by atoms with Crippen LogP contribution in [0.4, 0.5) is 5.69 Å². The first-order chi connectivity index (χ1) is 16.7.